The number of piperazine rings is 1. The van der Waals surface area contributed by atoms with Crippen molar-refractivity contribution in [1.82, 2.24) is 20.3 Å². The molecule has 1 aliphatic rings. The standard InChI is InChI=1S/C15H26N4O2/c1-11(2)13(4)16-15(20)19-7-5-18(6-8-19)10-14-9-12(3)17-21-14/h9,11,13H,5-8,10H2,1-4H3,(H,16,20). The van der Waals surface area contributed by atoms with E-state index in [4.69, 9.17) is 4.52 Å². The summed E-state index contributed by atoms with van der Waals surface area (Å²) >= 11 is 0. The maximum absolute atomic E-state index is 12.1. The van der Waals surface area contributed by atoms with Crippen molar-refractivity contribution in [2.75, 3.05) is 26.2 Å². The Labute approximate surface area is 126 Å². The van der Waals surface area contributed by atoms with Crippen LogP contribution in [-0.4, -0.2) is 53.2 Å². The lowest BCUT2D eigenvalue weighted by Crippen LogP contribution is -2.53. The molecule has 1 aromatic rings. The number of rotatable bonds is 4. The Hall–Kier alpha value is -1.56. The highest BCUT2D eigenvalue weighted by molar-refractivity contribution is 5.74. The second-order valence-electron chi connectivity index (χ2n) is 6.18. The smallest absolute Gasteiger partial charge is 0.317 e. The molecule has 1 atom stereocenters. The van der Waals surface area contributed by atoms with E-state index in [-0.39, 0.29) is 12.1 Å². The number of aromatic nitrogens is 1. The van der Waals surface area contributed by atoms with Crippen LogP contribution in [0.1, 0.15) is 32.2 Å². The van der Waals surface area contributed by atoms with Gasteiger partial charge in [0.15, 0.2) is 5.76 Å². The molecule has 1 fully saturated rings. The predicted octanol–water partition coefficient (Wildman–Crippen LogP) is 1.85. The minimum Gasteiger partial charge on any atom is -0.360 e. The van der Waals surface area contributed by atoms with Crippen molar-refractivity contribution in [3.8, 4) is 0 Å². The highest BCUT2D eigenvalue weighted by Gasteiger charge is 2.23. The highest BCUT2D eigenvalue weighted by Crippen LogP contribution is 2.10. The summed E-state index contributed by atoms with van der Waals surface area (Å²) in [5, 5.41) is 6.96. The molecule has 2 amide bonds. The van der Waals surface area contributed by atoms with Gasteiger partial charge in [0, 0.05) is 38.3 Å². The zero-order chi connectivity index (χ0) is 15.4. The molecule has 0 bridgehead atoms. The Kier molecular flexibility index (Phi) is 5.22. The summed E-state index contributed by atoms with van der Waals surface area (Å²) in [5.74, 6) is 1.34. The van der Waals surface area contributed by atoms with Crippen LogP contribution in [0.15, 0.2) is 10.6 Å². The summed E-state index contributed by atoms with van der Waals surface area (Å²) in [6.07, 6.45) is 0. The van der Waals surface area contributed by atoms with E-state index >= 15 is 0 Å². The van der Waals surface area contributed by atoms with Crippen molar-refractivity contribution in [2.24, 2.45) is 5.92 Å². The molecule has 2 rings (SSSR count). The molecule has 0 radical (unpaired) electrons. The van der Waals surface area contributed by atoms with E-state index in [0.717, 1.165) is 44.2 Å². The number of amides is 2. The lowest BCUT2D eigenvalue weighted by molar-refractivity contribution is 0.125. The Balaban J connectivity index is 1.76. The minimum absolute atomic E-state index is 0.0476. The average molecular weight is 294 g/mol. The fraction of sp³-hybridized carbons (Fsp3) is 0.733. The fourth-order valence-corrected chi connectivity index (χ4v) is 2.27. The number of carbonyl (C=O) groups excluding carboxylic acids is 1. The number of carbonyl (C=O) groups is 1. The van der Waals surface area contributed by atoms with Crippen LogP contribution in [0.25, 0.3) is 0 Å². The lowest BCUT2D eigenvalue weighted by atomic mass is 10.1. The first-order valence-electron chi connectivity index (χ1n) is 7.65. The summed E-state index contributed by atoms with van der Waals surface area (Å²) < 4.78 is 5.24. The number of hydrogen-bond donors (Lipinski definition) is 1. The maximum atomic E-state index is 12.1. The molecule has 0 saturated carbocycles. The largest absolute Gasteiger partial charge is 0.360 e. The molecule has 1 N–H and O–H groups in total. The molecule has 0 aliphatic carbocycles. The molecule has 21 heavy (non-hydrogen) atoms. The van der Waals surface area contributed by atoms with E-state index < -0.39 is 0 Å². The second kappa shape index (κ2) is 6.93. The van der Waals surface area contributed by atoms with E-state index in [0.29, 0.717) is 5.92 Å². The van der Waals surface area contributed by atoms with E-state index in [1.807, 2.05) is 24.8 Å². The molecule has 1 unspecified atom stereocenters. The third-order valence-corrected chi connectivity index (χ3v) is 4.07. The lowest BCUT2D eigenvalue weighted by Gasteiger charge is -2.35. The van der Waals surface area contributed by atoms with Crippen LogP contribution in [0.3, 0.4) is 0 Å². The molecule has 0 spiro atoms. The van der Waals surface area contributed by atoms with Crippen LogP contribution in [0.2, 0.25) is 0 Å². The summed E-state index contributed by atoms with van der Waals surface area (Å²) in [7, 11) is 0. The van der Waals surface area contributed by atoms with Gasteiger partial charge in [-0.25, -0.2) is 4.79 Å². The Morgan fingerprint density at radius 3 is 2.52 bits per heavy atom. The number of hydrogen-bond acceptors (Lipinski definition) is 4. The van der Waals surface area contributed by atoms with Crippen LogP contribution in [0.4, 0.5) is 4.79 Å². The van der Waals surface area contributed by atoms with E-state index in [9.17, 15) is 4.79 Å². The predicted molar refractivity (Wildman–Crippen MR) is 80.9 cm³/mol. The van der Waals surface area contributed by atoms with E-state index in [2.05, 4.69) is 29.2 Å². The molecule has 118 valence electrons. The van der Waals surface area contributed by atoms with E-state index in [1.165, 1.54) is 0 Å². The quantitative estimate of drug-likeness (QED) is 0.920. The molecule has 2 heterocycles. The van der Waals surface area contributed by atoms with Gasteiger partial charge < -0.3 is 14.7 Å². The number of nitrogens with zero attached hydrogens (tertiary/aromatic N) is 3. The zero-order valence-electron chi connectivity index (χ0n) is 13.4. The normalized spacial score (nSPS) is 18.0. The van der Waals surface area contributed by atoms with Gasteiger partial charge in [0.25, 0.3) is 0 Å². The van der Waals surface area contributed by atoms with Gasteiger partial charge in [0.1, 0.15) is 0 Å². The third-order valence-electron chi connectivity index (χ3n) is 4.07. The van der Waals surface area contributed by atoms with Crippen LogP contribution in [0, 0.1) is 12.8 Å². The maximum Gasteiger partial charge on any atom is 0.317 e. The van der Waals surface area contributed by atoms with Crippen molar-refractivity contribution in [3.05, 3.63) is 17.5 Å². The summed E-state index contributed by atoms with van der Waals surface area (Å²) in [6, 6.07) is 2.21. The Bertz CT molecular complexity index is 464. The van der Waals surface area contributed by atoms with Crippen molar-refractivity contribution in [1.29, 1.82) is 0 Å². The van der Waals surface area contributed by atoms with Crippen LogP contribution >= 0.6 is 0 Å². The molecular formula is C15H26N4O2. The topological polar surface area (TPSA) is 61.6 Å². The van der Waals surface area contributed by atoms with Crippen LogP contribution < -0.4 is 5.32 Å². The molecule has 0 aromatic carbocycles. The van der Waals surface area contributed by atoms with Gasteiger partial charge in [-0.15, -0.1) is 0 Å². The molecule has 1 aromatic heterocycles. The number of urea groups is 1. The molecule has 6 heteroatoms. The first-order chi connectivity index (χ1) is 9.95. The molecule has 1 saturated heterocycles. The average Bonchev–Trinajstić information content (AvgIpc) is 2.84. The van der Waals surface area contributed by atoms with Gasteiger partial charge in [0.2, 0.25) is 0 Å². The van der Waals surface area contributed by atoms with Gasteiger partial charge in [-0.05, 0) is 19.8 Å². The van der Waals surface area contributed by atoms with Crippen molar-refractivity contribution < 1.29 is 9.32 Å². The monoisotopic (exact) mass is 294 g/mol. The second-order valence-corrected chi connectivity index (χ2v) is 6.18. The number of aryl methyl sites for hydroxylation is 1. The summed E-state index contributed by atoms with van der Waals surface area (Å²) in [5.41, 5.74) is 0.908. The summed E-state index contributed by atoms with van der Waals surface area (Å²) in [4.78, 5) is 16.3. The van der Waals surface area contributed by atoms with Crippen molar-refractivity contribution in [2.45, 2.75) is 40.3 Å². The zero-order valence-corrected chi connectivity index (χ0v) is 13.4. The van der Waals surface area contributed by atoms with E-state index in [1.54, 1.807) is 0 Å². The summed E-state index contributed by atoms with van der Waals surface area (Å²) in [6.45, 7) is 12.2. The van der Waals surface area contributed by atoms with Crippen LogP contribution in [0.5, 0.6) is 0 Å². The first-order valence-corrected chi connectivity index (χ1v) is 7.65. The van der Waals surface area contributed by atoms with Gasteiger partial charge in [-0.2, -0.15) is 0 Å². The fourth-order valence-electron chi connectivity index (χ4n) is 2.27. The third kappa shape index (κ3) is 4.46. The van der Waals surface area contributed by atoms with Gasteiger partial charge in [0.05, 0.1) is 12.2 Å². The Morgan fingerprint density at radius 2 is 2.00 bits per heavy atom. The van der Waals surface area contributed by atoms with Crippen molar-refractivity contribution >= 4 is 6.03 Å². The minimum atomic E-state index is 0.0476. The number of nitrogens with one attached hydrogen (secondary N) is 1. The Morgan fingerprint density at radius 1 is 1.33 bits per heavy atom. The molecular weight excluding hydrogens is 268 g/mol. The van der Waals surface area contributed by atoms with Crippen LogP contribution in [-0.2, 0) is 6.54 Å². The van der Waals surface area contributed by atoms with Crippen molar-refractivity contribution in [3.63, 3.8) is 0 Å². The van der Waals surface area contributed by atoms with Gasteiger partial charge in [-0.1, -0.05) is 19.0 Å². The van der Waals surface area contributed by atoms with Gasteiger partial charge in [-0.3, -0.25) is 4.90 Å². The van der Waals surface area contributed by atoms with Gasteiger partial charge >= 0.3 is 6.03 Å². The SMILES string of the molecule is Cc1cc(CN2CCN(C(=O)NC(C)C(C)C)CC2)on1. The molecule has 6 nitrogen and oxygen atoms in total. The molecule has 1 aliphatic heterocycles. The highest BCUT2D eigenvalue weighted by atomic mass is 16.5. The first kappa shape index (κ1) is 15.8.